The summed E-state index contributed by atoms with van der Waals surface area (Å²) >= 11 is 0. The van der Waals surface area contributed by atoms with E-state index >= 15 is 0 Å². The number of hydrogen-bond acceptors (Lipinski definition) is 5. The van der Waals surface area contributed by atoms with Gasteiger partial charge in [0, 0.05) is 12.0 Å². The van der Waals surface area contributed by atoms with Crippen molar-refractivity contribution < 1.29 is 29.0 Å². The SMILES string of the molecule is CC1(C(=O)O)COCC1NC(=O)C1CCCC1NC(=O)OCC1c2ccccc2-c2ccccc21. The van der Waals surface area contributed by atoms with Gasteiger partial charge in [-0.2, -0.15) is 0 Å². The molecule has 2 aliphatic carbocycles. The Morgan fingerprint density at radius 2 is 1.69 bits per heavy atom. The standard InChI is InChI=1S/C27H30N2O6/c1-27(25(31)32)15-34-14-23(27)29-24(30)20-11-6-12-22(20)28-26(33)35-13-21-18-9-4-2-7-16(18)17-8-3-5-10-19(17)21/h2-5,7-10,20-23H,6,11-15H2,1H3,(H,28,33)(H,29,30)(H,31,32). The molecule has 4 atom stereocenters. The number of benzene rings is 2. The summed E-state index contributed by atoms with van der Waals surface area (Å²) in [6, 6.07) is 15.3. The molecule has 1 saturated heterocycles. The first-order valence-corrected chi connectivity index (χ1v) is 12.1. The predicted octanol–water partition coefficient (Wildman–Crippen LogP) is 3.30. The van der Waals surface area contributed by atoms with Crippen LogP contribution < -0.4 is 10.6 Å². The van der Waals surface area contributed by atoms with E-state index in [1.165, 1.54) is 0 Å². The molecule has 0 bridgehead atoms. The smallest absolute Gasteiger partial charge is 0.407 e. The van der Waals surface area contributed by atoms with Crippen LogP contribution in [0.4, 0.5) is 4.79 Å². The van der Waals surface area contributed by atoms with Gasteiger partial charge in [-0.1, -0.05) is 55.0 Å². The van der Waals surface area contributed by atoms with Crippen LogP contribution in [0.25, 0.3) is 11.1 Å². The van der Waals surface area contributed by atoms with Gasteiger partial charge in [0.1, 0.15) is 12.0 Å². The third-order valence-electron chi connectivity index (χ3n) is 7.76. The first-order valence-electron chi connectivity index (χ1n) is 12.1. The lowest BCUT2D eigenvalue weighted by Crippen LogP contribution is -2.53. The summed E-state index contributed by atoms with van der Waals surface area (Å²) in [4.78, 5) is 37.4. The van der Waals surface area contributed by atoms with Crippen molar-refractivity contribution in [3.05, 3.63) is 59.7 Å². The Balaban J connectivity index is 1.20. The molecule has 3 N–H and O–H groups in total. The van der Waals surface area contributed by atoms with Crippen molar-refractivity contribution in [2.45, 2.75) is 44.2 Å². The van der Waals surface area contributed by atoms with E-state index in [-0.39, 0.29) is 37.7 Å². The van der Waals surface area contributed by atoms with Gasteiger partial charge in [-0.05, 0) is 42.0 Å². The van der Waals surface area contributed by atoms with E-state index in [0.29, 0.717) is 12.8 Å². The largest absolute Gasteiger partial charge is 0.481 e. The lowest BCUT2D eigenvalue weighted by molar-refractivity contribution is -0.149. The molecule has 35 heavy (non-hydrogen) atoms. The highest BCUT2D eigenvalue weighted by Crippen LogP contribution is 2.44. The Hall–Kier alpha value is -3.39. The predicted molar refractivity (Wildman–Crippen MR) is 128 cm³/mol. The van der Waals surface area contributed by atoms with Crippen molar-refractivity contribution in [3.8, 4) is 11.1 Å². The van der Waals surface area contributed by atoms with Gasteiger partial charge in [0.2, 0.25) is 5.91 Å². The quantitative estimate of drug-likeness (QED) is 0.587. The highest BCUT2D eigenvalue weighted by atomic mass is 16.5. The lowest BCUT2D eigenvalue weighted by atomic mass is 9.85. The molecule has 3 aliphatic rings. The molecule has 1 saturated carbocycles. The summed E-state index contributed by atoms with van der Waals surface area (Å²) in [5, 5.41) is 15.3. The summed E-state index contributed by atoms with van der Waals surface area (Å²) < 4.78 is 11.0. The maximum atomic E-state index is 13.0. The molecule has 2 amide bonds. The zero-order valence-electron chi connectivity index (χ0n) is 19.7. The number of rotatable bonds is 6. The van der Waals surface area contributed by atoms with Gasteiger partial charge in [0.25, 0.3) is 0 Å². The number of nitrogens with one attached hydrogen (secondary N) is 2. The van der Waals surface area contributed by atoms with Crippen LogP contribution >= 0.6 is 0 Å². The van der Waals surface area contributed by atoms with Gasteiger partial charge in [-0.25, -0.2) is 4.79 Å². The molecule has 8 heteroatoms. The molecule has 2 aromatic rings. The Kier molecular flexibility index (Phi) is 6.23. The number of hydrogen-bond donors (Lipinski definition) is 3. The number of carboxylic acids is 1. The van der Waals surface area contributed by atoms with Crippen molar-refractivity contribution in [1.82, 2.24) is 10.6 Å². The van der Waals surface area contributed by atoms with Crippen molar-refractivity contribution in [2.75, 3.05) is 19.8 Å². The van der Waals surface area contributed by atoms with Crippen molar-refractivity contribution in [2.24, 2.45) is 11.3 Å². The fraction of sp³-hybridized carbons (Fsp3) is 0.444. The molecule has 0 radical (unpaired) electrons. The van der Waals surface area contributed by atoms with Crippen LogP contribution in [0.15, 0.2) is 48.5 Å². The molecular weight excluding hydrogens is 448 g/mol. The minimum absolute atomic E-state index is 0.0353. The van der Waals surface area contributed by atoms with Crippen LogP contribution in [-0.4, -0.2) is 55.0 Å². The Bertz CT molecular complexity index is 1100. The minimum atomic E-state index is -1.16. The van der Waals surface area contributed by atoms with E-state index in [9.17, 15) is 19.5 Å². The summed E-state index contributed by atoms with van der Waals surface area (Å²) in [5.74, 6) is -1.73. The average molecular weight is 479 g/mol. The molecule has 2 fully saturated rings. The highest BCUT2D eigenvalue weighted by molar-refractivity contribution is 5.83. The fourth-order valence-corrected chi connectivity index (χ4v) is 5.60. The van der Waals surface area contributed by atoms with E-state index in [1.54, 1.807) is 6.92 Å². The topological polar surface area (TPSA) is 114 Å². The molecule has 1 heterocycles. The van der Waals surface area contributed by atoms with Crippen molar-refractivity contribution >= 4 is 18.0 Å². The number of carboxylic acid groups (broad SMARTS) is 1. The van der Waals surface area contributed by atoms with Crippen molar-refractivity contribution in [3.63, 3.8) is 0 Å². The minimum Gasteiger partial charge on any atom is -0.481 e. The molecule has 2 aromatic carbocycles. The molecular formula is C27H30N2O6. The molecule has 0 spiro atoms. The second-order valence-electron chi connectivity index (χ2n) is 9.91. The Labute approximate surface area is 204 Å². The molecule has 1 aliphatic heterocycles. The number of amides is 2. The number of fused-ring (bicyclic) bond motifs is 3. The van der Waals surface area contributed by atoms with Gasteiger partial charge in [-0.15, -0.1) is 0 Å². The number of aliphatic carboxylic acids is 1. The van der Waals surface area contributed by atoms with Crippen LogP contribution in [0.5, 0.6) is 0 Å². The fourth-order valence-electron chi connectivity index (χ4n) is 5.60. The number of carbonyl (C=O) groups excluding carboxylic acids is 2. The van der Waals surface area contributed by atoms with Crippen LogP contribution in [-0.2, 0) is 19.1 Å². The summed E-state index contributed by atoms with van der Waals surface area (Å²) in [5.41, 5.74) is 3.44. The van der Waals surface area contributed by atoms with Crippen LogP contribution in [0.2, 0.25) is 0 Å². The van der Waals surface area contributed by atoms with E-state index in [4.69, 9.17) is 9.47 Å². The zero-order chi connectivity index (χ0) is 24.6. The Morgan fingerprint density at radius 1 is 1.03 bits per heavy atom. The van der Waals surface area contributed by atoms with Crippen molar-refractivity contribution in [1.29, 1.82) is 0 Å². The normalized spacial score (nSPS) is 27.2. The molecule has 184 valence electrons. The van der Waals surface area contributed by atoms with E-state index in [1.807, 2.05) is 24.3 Å². The van der Waals surface area contributed by atoms with Gasteiger partial charge in [0.05, 0.1) is 25.2 Å². The molecule has 0 aromatic heterocycles. The van der Waals surface area contributed by atoms with Gasteiger partial charge in [0.15, 0.2) is 0 Å². The molecule has 5 rings (SSSR count). The van der Waals surface area contributed by atoms with Gasteiger partial charge in [-0.3, -0.25) is 9.59 Å². The van der Waals surface area contributed by atoms with Crippen LogP contribution in [0.3, 0.4) is 0 Å². The summed E-state index contributed by atoms with van der Waals surface area (Å²) in [6.07, 6.45) is 1.54. The van der Waals surface area contributed by atoms with E-state index in [2.05, 4.69) is 34.9 Å². The zero-order valence-corrected chi connectivity index (χ0v) is 19.7. The number of ether oxygens (including phenoxy) is 2. The second-order valence-corrected chi connectivity index (χ2v) is 9.91. The maximum absolute atomic E-state index is 13.0. The van der Waals surface area contributed by atoms with Crippen LogP contribution in [0.1, 0.15) is 43.2 Å². The lowest BCUT2D eigenvalue weighted by Gasteiger charge is -2.28. The van der Waals surface area contributed by atoms with E-state index in [0.717, 1.165) is 28.7 Å². The number of carbonyl (C=O) groups is 3. The molecule has 8 nitrogen and oxygen atoms in total. The van der Waals surface area contributed by atoms with Gasteiger partial charge < -0.3 is 25.2 Å². The van der Waals surface area contributed by atoms with E-state index < -0.39 is 29.4 Å². The molecule has 4 unspecified atom stereocenters. The third-order valence-corrected chi connectivity index (χ3v) is 7.76. The Morgan fingerprint density at radius 3 is 2.34 bits per heavy atom. The van der Waals surface area contributed by atoms with Crippen LogP contribution in [0, 0.1) is 11.3 Å². The second kappa shape index (κ2) is 9.34. The van der Waals surface area contributed by atoms with Gasteiger partial charge >= 0.3 is 12.1 Å². The average Bonchev–Trinajstić information content (AvgIpc) is 3.55. The summed E-state index contributed by atoms with van der Waals surface area (Å²) in [6.45, 7) is 2.00. The number of alkyl carbamates (subject to hydrolysis) is 1. The first-order chi connectivity index (χ1) is 16.9. The third kappa shape index (κ3) is 4.27. The highest BCUT2D eigenvalue weighted by Gasteiger charge is 2.48. The summed E-state index contributed by atoms with van der Waals surface area (Å²) in [7, 11) is 0. The maximum Gasteiger partial charge on any atom is 0.407 e. The monoisotopic (exact) mass is 478 g/mol. The first kappa shape index (κ1) is 23.4.